The maximum atomic E-state index is 12.5. The number of aryl methyl sites for hydroxylation is 1. The van der Waals surface area contributed by atoms with Crippen molar-refractivity contribution < 1.29 is 9.53 Å². The van der Waals surface area contributed by atoms with E-state index in [4.69, 9.17) is 4.74 Å². The van der Waals surface area contributed by atoms with Crippen LogP contribution in [0.15, 0.2) is 48.9 Å². The van der Waals surface area contributed by atoms with E-state index in [-0.39, 0.29) is 12.0 Å². The second kappa shape index (κ2) is 5.43. The van der Waals surface area contributed by atoms with E-state index in [0.29, 0.717) is 12.1 Å². The van der Waals surface area contributed by atoms with Crippen LogP contribution in [0, 0.1) is 6.92 Å². The molecule has 4 rings (SSSR count). The third kappa shape index (κ3) is 2.44. The van der Waals surface area contributed by atoms with Gasteiger partial charge in [-0.1, -0.05) is 18.2 Å². The van der Waals surface area contributed by atoms with Crippen LogP contribution in [0.3, 0.4) is 0 Å². The molecule has 0 saturated heterocycles. The van der Waals surface area contributed by atoms with E-state index in [2.05, 4.69) is 16.4 Å². The number of amides is 1. The van der Waals surface area contributed by atoms with Gasteiger partial charge >= 0.3 is 0 Å². The van der Waals surface area contributed by atoms with E-state index >= 15 is 0 Å². The van der Waals surface area contributed by atoms with Gasteiger partial charge in [0.2, 0.25) is 0 Å². The van der Waals surface area contributed by atoms with Crippen molar-refractivity contribution in [1.29, 1.82) is 0 Å². The molecular formula is C18H17N3O2. The molecule has 5 nitrogen and oxygen atoms in total. The van der Waals surface area contributed by atoms with Gasteiger partial charge in [0.25, 0.3) is 5.91 Å². The van der Waals surface area contributed by atoms with Gasteiger partial charge in [-0.05, 0) is 30.7 Å². The Morgan fingerprint density at radius 1 is 1.35 bits per heavy atom. The van der Waals surface area contributed by atoms with Gasteiger partial charge in [-0.15, -0.1) is 0 Å². The van der Waals surface area contributed by atoms with Crippen LogP contribution < -0.4 is 10.1 Å². The zero-order chi connectivity index (χ0) is 15.8. The molecule has 3 heterocycles. The number of aromatic nitrogens is 2. The summed E-state index contributed by atoms with van der Waals surface area (Å²) >= 11 is 0. The number of hydrogen-bond acceptors (Lipinski definition) is 3. The average molecular weight is 307 g/mol. The summed E-state index contributed by atoms with van der Waals surface area (Å²) in [7, 11) is 0. The number of nitrogens with one attached hydrogen (secondary N) is 1. The molecule has 1 amide bonds. The van der Waals surface area contributed by atoms with Crippen molar-refractivity contribution in [3.63, 3.8) is 0 Å². The van der Waals surface area contributed by atoms with E-state index in [9.17, 15) is 4.79 Å². The largest absolute Gasteiger partial charge is 0.488 e. The lowest BCUT2D eigenvalue weighted by Crippen LogP contribution is -2.34. The first kappa shape index (κ1) is 13.8. The predicted octanol–water partition coefficient (Wildman–Crippen LogP) is 2.38. The quantitative estimate of drug-likeness (QED) is 0.808. The van der Waals surface area contributed by atoms with Crippen molar-refractivity contribution in [2.24, 2.45) is 0 Å². The minimum Gasteiger partial charge on any atom is -0.488 e. The van der Waals surface area contributed by atoms with Crippen molar-refractivity contribution in [2.75, 3.05) is 6.54 Å². The zero-order valence-electron chi connectivity index (χ0n) is 12.8. The van der Waals surface area contributed by atoms with E-state index in [1.807, 2.05) is 41.7 Å². The van der Waals surface area contributed by atoms with Crippen LogP contribution in [-0.4, -0.2) is 27.9 Å². The predicted molar refractivity (Wildman–Crippen MR) is 86.8 cm³/mol. The number of hydrogen-bond donors (Lipinski definition) is 1. The number of rotatable bonds is 3. The number of pyridine rings is 1. The van der Waals surface area contributed by atoms with Gasteiger partial charge in [-0.2, -0.15) is 0 Å². The first-order chi connectivity index (χ1) is 11.2. The topological polar surface area (TPSA) is 55.6 Å². The Kier molecular flexibility index (Phi) is 3.26. The molecule has 0 saturated carbocycles. The summed E-state index contributed by atoms with van der Waals surface area (Å²) < 4.78 is 7.76. The second-order valence-electron chi connectivity index (χ2n) is 5.78. The molecule has 1 aliphatic rings. The highest BCUT2D eigenvalue weighted by atomic mass is 16.5. The minimum absolute atomic E-state index is 0.00590. The van der Waals surface area contributed by atoms with Crippen LogP contribution in [0.25, 0.3) is 5.52 Å². The molecule has 1 atom stereocenters. The summed E-state index contributed by atoms with van der Waals surface area (Å²) in [5, 5.41) is 2.98. The molecule has 0 fully saturated rings. The van der Waals surface area contributed by atoms with Crippen LogP contribution in [-0.2, 0) is 6.42 Å². The molecule has 1 N–H and O–H groups in total. The lowest BCUT2D eigenvalue weighted by molar-refractivity contribution is 0.0932. The van der Waals surface area contributed by atoms with Crippen molar-refractivity contribution in [1.82, 2.24) is 14.7 Å². The highest BCUT2D eigenvalue weighted by Crippen LogP contribution is 2.27. The van der Waals surface area contributed by atoms with E-state index in [0.717, 1.165) is 23.4 Å². The molecule has 2 aromatic heterocycles. The molecule has 3 aromatic rings. The number of para-hydroxylation sites is 1. The van der Waals surface area contributed by atoms with Crippen molar-refractivity contribution >= 4 is 11.4 Å². The Balaban J connectivity index is 1.45. The summed E-state index contributed by atoms with van der Waals surface area (Å²) in [4.78, 5) is 16.6. The molecule has 0 radical (unpaired) electrons. The number of imidazole rings is 1. The summed E-state index contributed by atoms with van der Waals surface area (Å²) in [6, 6.07) is 11.7. The number of benzene rings is 1. The first-order valence-electron chi connectivity index (χ1n) is 7.67. The molecule has 0 aliphatic carbocycles. The van der Waals surface area contributed by atoms with E-state index < -0.39 is 0 Å². The fourth-order valence-electron chi connectivity index (χ4n) is 3.04. The molecule has 23 heavy (non-hydrogen) atoms. The van der Waals surface area contributed by atoms with E-state index in [1.165, 1.54) is 5.56 Å². The van der Waals surface area contributed by atoms with Crippen LogP contribution >= 0.6 is 0 Å². The van der Waals surface area contributed by atoms with Crippen molar-refractivity contribution in [3.8, 4) is 5.75 Å². The smallest absolute Gasteiger partial charge is 0.253 e. The maximum Gasteiger partial charge on any atom is 0.253 e. The molecule has 0 unspecified atom stereocenters. The number of carbonyl (C=O) groups is 1. The van der Waals surface area contributed by atoms with Gasteiger partial charge in [-0.3, -0.25) is 4.79 Å². The Bertz CT molecular complexity index is 860. The molecule has 116 valence electrons. The minimum atomic E-state index is -0.0855. The first-order valence-corrected chi connectivity index (χ1v) is 7.67. The molecular weight excluding hydrogens is 290 g/mol. The summed E-state index contributed by atoms with van der Waals surface area (Å²) in [5.41, 5.74) is 3.72. The number of fused-ring (bicyclic) bond motifs is 2. The second-order valence-corrected chi connectivity index (χ2v) is 5.78. The Morgan fingerprint density at radius 3 is 3.09 bits per heavy atom. The summed E-state index contributed by atoms with van der Waals surface area (Å²) in [5.74, 6) is 0.834. The average Bonchev–Trinajstić information content (AvgIpc) is 3.19. The van der Waals surface area contributed by atoms with Gasteiger partial charge in [0, 0.05) is 12.1 Å². The Labute approximate surface area is 133 Å². The normalized spacial score (nSPS) is 16.1. The van der Waals surface area contributed by atoms with Gasteiger partial charge in [0.05, 0.1) is 30.1 Å². The molecule has 5 heteroatoms. The Hall–Kier alpha value is -2.82. The number of carbonyl (C=O) groups excluding carboxylic acids is 1. The third-order valence-electron chi connectivity index (χ3n) is 4.29. The van der Waals surface area contributed by atoms with Gasteiger partial charge in [-0.25, -0.2) is 4.98 Å². The van der Waals surface area contributed by atoms with Crippen molar-refractivity contribution in [3.05, 3.63) is 65.7 Å². The monoisotopic (exact) mass is 307 g/mol. The highest BCUT2D eigenvalue weighted by Gasteiger charge is 2.23. The molecule has 0 bridgehead atoms. The van der Waals surface area contributed by atoms with Crippen LogP contribution in [0.1, 0.15) is 21.6 Å². The van der Waals surface area contributed by atoms with Gasteiger partial charge < -0.3 is 14.5 Å². The number of nitrogens with zero attached hydrogens (tertiary/aromatic N) is 2. The van der Waals surface area contributed by atoms with E-state index in [1.54, 1.807) is 12.5 Å². The van der Waals surface area contributed by atoms with Crippen LogP contribution in [0.5, 0.6) is 5.75 Å². The fourth-order valence-corrected chi connectivity index (χ4v) is 3.04. The fraction of sp³-hybridized carbons (Fsp3) is 0.222. The molecule has 1 aromatic carbocycles. The number of ether oxygens (including phenoxy) is 1. The summed E-state index contributed by atoms with van der Waals surface area (Å²) in [6.45, 7) is 2.42. The van der Waals surface area contributed by atoms with Crippen LogP contribution in [0.2, 0.25) is 0 Å². The Morgan fingerprint density at radius 2 is 2.22 bits per heavy atom. The zero-order valence-corrected chi connectivity index (χ0v) is 12.8. The standard InChI is InChI=1S/C18H17N3O2/c1-12-16(7-6-14-9-19-11-21(12)14)18(22)20-10-15-8-13-4-2-3-5-17(13)23-15/h2-7,9,11,15H,8,10H2,1H3,(H,20,22)/t15-/m1/s1. The lowest BCUT2D eigenvalue weighted by Gasteiger charge is -2.13. The molecule has 1 aliphatic heterocycles. The highest BCUT2D eigenvalue weighted by molar-refractivity contribution is 5.95. The summed E-state index contributed by atoms with van der Waals surface area (Å²) in [6.07, 6.45) is 4.32. The van der Waals surface area contributed by atoms with Gasteiger partial charge in [0.1, 0.15) is 11.9 Å². The van der Waals surface area contributed by atoms with Crippen LogP contribution in [0.4, 0.5) is 0 Å². The lowest BCUT2D eigenvalue weighted by atomic mass is 10.1. The molecule has 0 spiro atoms. The van der Waals surface area contributed by atoms with Gasteiger partial charge in [0.15, 0.2) is 0 Å². The van der Waals surface area contributed by atoms with Crippen molar-refractivity contribution in [2.45, 2.75) is 19.4 Å². The third-order valence-corrected chi connectivity index (χ3v) is 4.29. The SMILES string of the molecule is Cc1c(C(=O)NC[C@H]2Cc3ccccc3O2)ccc2cncn12. The maximum absolute atomic E-state index is 12.5.